The number of esters is 1. The Morgan fingerprint density at radius 3 is 2.19 bits per heavy atom. The second kappa shape index (κ2) is 11.2. The molecule has 3 aromatic carbocycles. The zero-order valence-corrected chi connectivity index (χ0v) is 21.4. The molecule has 1 aliphatic heterocycles. The van der Waals surface area contributed by atoms with Gasteiger partial charge in [0, 0.05) is 0 Å². The molecule has 1 saturated heterocycles. The Morgan fingerprint density at radius 1 is 0.944 bits per heavy atom. The molecule has 184 valence electrons. The van der Waals surface area contributed by atoms with Crippen molar-refractivity contribution in [1.29, 1.82) is 0 Å². The van der Waals surface area contributed by atoms with E-state index in [4.69, 9.17) is 21.7 Å². The fourth-order valence-electron chi connectivity index (χ4n) is 3.80. The van der Waals surface area contributed by atoms with Crippen LogP contribution in [0.5, 0.6) is 5.75 Å². The maximum atomic E-state index is 13.5. The van der Waals surface area contributed by atoms with E-state index < -0.39 is 5.97 Å². The van der Waals surface area contributed by atoms with Gasteiger partial charge in [-0.05, 0) is 72.6 Å². The molecule has 0 radical (unpaired) electrons. The number of carbonyl (C=O) groups is 2. The Kier molecular flexibility index (Phi) is 7.80. The third kappa shape index (κ3) is 5.63. The van der Waals surface area contributed by atoms with E-state index in [1.807, 2.05) is 67.6 Å². The average Bonchev–Trinajstić information content (AvgIpc) is 3.13. The van der Waals surface area contributed by atoms with Gasteiger partial charge >= 0.3 is 5.97 Å². The predicted octanol–water partition coefficient (Wildman–Crippen LogP) is 5.28. The maximum absolute atomic E-state index is 13.5. The summed E-state index contributed by atoms with van der Waals surface area (Å²) in [7, 11) is 1.31. The predicted molar refractivity (Wildman–Crippen MR) is 145 cm³/mol. The van der Waals surface area contributed by atoms with Crippen molar-refractivity contribution < 1.29 is 19.1 Å². The van der Waals surface area contributed by atoms with Crippen LogP contribution in [0, 0.1) is 6.92 Å². The number of nitrogens with zero attached hydrogens (tertiary/aromatic N) is 2. The number of hydrogen-bond donors (Lipinski definition) is 0. The van der Waals surface area contributed by atoms with E-state index in [1.165, 1.54) is 22.5 Å². The first-order valence-corrected chi connectivity index (χ1v) is 12.1. The number of aryl methyl sites for hydroxylation is 2. The number of hydrogen-bond acceptors (Lipinski definition) is 5. The van der Waals surface area contributed by atoms with E-state index in [2.05, 4.69) is 19.1 Å². The summed E-state index contributed by atoms with van der Waals surface area (Å²) in [6.07, 6.45) is 2.62. The average molecular weight is 501 g/mol. The number of anilines is 1. The van der Waals surface area contributed by atoms with Crippen LogP contribution in [0.25, 0.3) is 6.08 Å². The first kappa shape index (κ1) is 25.1. The molecule has 0 unspecified atom stereocenters. The SMILES string of the molecule is CCc1ccc(N2C(=O)/C(=C/c3ccc(OCc4ccc(C)cc4)cc3)N(CC(=O)OC)C2=S)cc1. The van der Waals surface area contributed by atoms with Crippen LogP contribution in [0.4, 0.5) is 5.69 Å². The van der Waals surface area contributed by atoms with Gasteiger partial charge in [0.15, 0.2) is 5.11 Å². The number of carbonyl (C=O) groups excluding carboxylic acids is 2. The van der Waals surface area contributed by atoms with E-state index in [9.17, 15) is 9.59 Å². The van der Waals surface area contributed by atoms with Crippen molar-refractivity contribution in [3.8, 4) is 5.75 Å². The maximum Gasteiger partial charge on any atom is 0.325 e. The second-order valence-corrected chi connectivity index (χ2v) is 8.84. The molecule has 36 heavy (non-hydrogen) atoms. The van der Waals surface area contributed by atoms with Crippen LogP contribution in [-0.4, -0.2) is 35.5 Å². The van der Waals surface area contributed by atoms with Crippen molar-refractivity contribution in [2.24, 2.45) is 0 Å². The molecule has 0 bridgehead atoms. The number of rotatable bonds is 8. The standard InChI is InChI=1S/C29H28N2O4S/c1-4-21-9-13-24(14-10-21)31-28(33)26(30(29(31)36)18-27(32)34-3)17-22-11-15-25(16-12-22)35-19-23-7-5-20(2)6-8-23/h5-17H,4,18-19H2,1-3H3/b26-17-. The van der Waals surface area contributed by atoms with Gasteiger partial charge in [-0.1, -0.05) is 61.0 Å². The van der Waals surface area contributed by atoms with Gasteiger partial charge in [-0.2, -0.15) is 0 Å². The monoisotopic (exact) mass is 500 g/mol. The van der Waals surface area contributed by atoms with Gasteiger partial charge in [-0.15, -0.1) is 0 Å². The summed E-state index contributed by atoms with van der Waals surface area (Å²) in [6, 6.07) is 23.3. The third-order valence-electron chi connectivity index (χ3n) is 5.96. The topological polar surface area (TPSA) is 59.1 Å². The van der Waals surface area contributed by atoms with Crippen LogP contribution in [0.1, 0.15) is 29.2 Å². The molecule has 0 atom stereocenters. The van der Waals surface area contributed by atoms with Crippen LogP contribution in [0.15, 0.2) is 78.5 Å². The summed E-state index contributed by atoms with van der Waals surface area (Å²) < 4.78 is 10.7. The molecule has 1 fully saturated rings. The summed E-state index contributed by atoms with van der Waals surface area (Å²) in [5.41, 5.74) is 5.18. The number of amides is 1. The first-order chi connectivity index (χ1) is 17.4. The Hall–Kier alpha value is -3.97. The summed E-state index contributed by atoms with van der Waals surface area (Å²) in [5.74, 6) is -0.0676. The van der Waals surface area contributed by atoms with E-state index in [0.29, 0.717) is 18.0 Å². The van der Waals surface area contributed by atoms with Gasteiger partial charge in [0.1, 0.15) is 24.6 Å². The molecular formula is C29H28N2O4S. The minimum Gasteiger partial charge on any atom is -0.489 e. The molecule has 0 aromatic heterocycles. The van der Waals surface area contributed by atoms with Gasteiger partial charge in [-0.3, -0.25) is 14.5 Å². The molecule has 0 aliphatic carbocycles. The largest absolute Gasteiger partial charge is 0.489 e. The molecule has 6 nitrogen and oxygen atoms in total. The number of methoxy groups -OCH3 is 1. The Morgan fingerprint density at radius 2 is 1.58 bits per heavy atom. The molecule has 1 heterocycles. The lowest BCUT2D eigenvalue weighted by molar-refractivity contribution is -0.140. The van der Waals surface area contributed by atoms with Gasteiger partial charge in [0.2, 0.25) is 0 Å². The van der Waals surface area contributed by atoms with Crippen LogP contribution < -0.4 is 9.64 Å². The highest BCUT2D eigenvalue weighted by atomic mass is 32.1. The van der Waals surface area contributed by atoms with E-state index in [1.54, 1.807) is 6.08 Å². The van der Waals surface area contributed by atoms with Gasteiger partial charge in [0.05, 0.1) is 12.8 Å². The highest BCUT2D eigenvalue weighted by Crippen LogP contribution is 2.30. The van der Waals surface area contributed by atoms with Crippen molar-refractivity contribution in [2.45, 2.75) is 26.9 Å². The second-order valence-electron chi connectivity index (χ2n) is 8.48. The van der Waals surface area contributed by atoms with Crippen LogP contribution >= 0.6 is 12.2 Å². The van der Waals surface area contributed by atoms with E-state index >= 15 is 0 Å². The van der Waals surface area contributed by atoms with Gasteiger partial charge in [0.25, 0.3) is 5.91 Å². The number of ether oxygens (including phenoxy) is 2. The smallest absolute Gasteiger partial charge is 0.325 e. The summed E-state index contributed by atoms with van der Waals surface area (Å²) in [6.45, 7) is 4.42. The van der Waals surface area contributed by atoms with E-state index in [-0.39, 0.29) is 17.6 Å². The Labute approximate surface area is 216 Å². The highest BCUT2D eigenvalue weighted by molar-refractivity contribution is 7.80. The van der Waals surface area contributed by atoms with Crippen LogP contribution in [-0.2, 0) is 27.4 Å². The summed E-state index contributed by atoms with van der Waals surface area (Å²) >= 11 is 5.61. The van der Waals surface area contributed by atoms with Crippen LogP contribution in [0.2, 0.25) is 0 Å². The van der Waals surface area contributed by atoms with Crippen molar-refractivity contribution in [2.75, 3.05) is 18.6 Å². The molecule has 0 N–H and O–H groups in total. The fraction of sp³-hybridized carbons (Fsp3) is 0.207. The lowest BCUT2D eigenvalue weighted by Crippen LogP contribution is -2.35. The molecule has 1 amide bonds. The van der Waals surface area contributed by atoms with Gasteiger partial charge in [-0.25, -0.2) is 0 Å². The van der Waals surface area contributed by atoms with Crippen LogP contribution in [0.3, 0.4) is 0 Å². The lowest BCUT2D eigenvalue weighted by atomic mass is 10.1. The quantitative estimate of drug-likeness (QED) is 0.238. The van der Waals surface area contributed by atoms with Crippen molar-refractivity contribution in [3.63, 3.8) is 0 Å². The molecule has 4 rings (SSSR count). The zero-order valence-electron chi connectivity index (χ0n) is 20.6. The third-order valence-corrected chi connectivity index (χ3v) is 6.37. The van der Waals surface area contributed by atoms with Crippen molar-refractivity contribution in [3.05, 3.63) is 101 Å². The molecule has 1 aliphatic rings. The lowest BCUT2D eigenvalue weighted by Gasteiger charge is -2.19. The van der Waals surface area contributed by atoms with Gasteiger partial charge < -0.3 is 14.4 Å². The first-order valence-electron chi connectivity index (χ1n) is 11.7. The normalized spacial score (nSPS) is 14.5. The molecule has 3 aromatic rings. The van der Waals surface area contributed by atoms with E-state index in [0.717, 1.165) is 28.9 Å². The minimum atomic E-state index is -0.487. The summed E-state index contributed by atoms with van der Waals surface area (Å²) in [5, 5.41) is 0.235. The Bertz CT molecular complexity index is 1280. The minimum absolute atomic E-state index is 0.159. The van der Waals surface area contributed by atoms with Crippen molar-refractivity contribution >= 4 is 41.0 Å². The molecular weight excluding hydrogens is 472 g/mol. The Balaban J connectivity index is 1.56. The number of benzene rings is 3. The number of thiocarbonyl (C=S) groups is 1. The zero-order chi connectivity index (χ0) is 25.7. The highest BCUT2D eigenvalue weighted by Gasteiger charge is 2.40. The molecule has 0 spiro atoms. The molecule has 7 heteroatoms. The summed E-state index contributed by atoms with van der Waals surface area (Å²) in [4.78, 5) is 28.5. The fourth-order valence-corrected chi connectivity index (χ4v) is 4.16. The van der Waals surface area contributed by atoms with Crippen molar-refractivity contribution in [1.82, 2.24) is 4.90 Å². The molecule has 0 saturated carbocycles.